The standard InChI is InChI=1S/C20H23N3O2/c1-13-4-6-17(7-5-13)22-20(25)14(2)21-18-8-9-19-16(12-18)10-11-23(19)15(3)24/h4-9,12,14,21H,10-11H2,1-3H3,(H,22,25)/t14-/m0/s1. The van der Waals surface area contributed by atoms with Crippen molar-refractivity contribution >= 4 is 28.9 Å². The van der Waals surface area contributed by atoms with E-state index in [1.165, 1.54) is 0 Å². The van der Waals surface area contributed by atoms with Crippen molar-refractivity contribution in [1.82, 2.24) is 0 Å². The fourth-order valence-electron chi connectivity index (χ4n) is 3.02. The Morgan fingerprint density at radius 1 is 1.08 bits per heavy atom. The molecule has 0 saturated carbocycles. The molecular formula is C20H23N3O2. The molecule has 0 radical (unpaired) electrons. The fraction of sp³-hybridized carbons (Fsp3) is 0.300. The maximum Gasteiger partial charge on any atom is 0.246 e. The molecule has 25 heavy (non-hydrogen) atoms. The monoisotopic (exact) mass is 337 g/mol. The first-order valence-electron chi connectivity index (χ1n) is 8.49. The summed E-state index contributed by atoms with van der Waals surface area (Å²) in [7, 11) is 0. The van der Waals surface area contributed by atoms with Crippen LogP contribution in [0.1, 0.15) is 25.0 Å². The topological polar surface area (TPSA) is 61.4 Å². The summed E-state index contributed by atoms with van der Waals surface area (Å²) in [4.78, 5) is 25.7. The van der Waals surface area contributed by atoms with Crippen molar-refractivity contribution in [2.24, 2.45) is 0 Å². The van der Waals surface area contributed by atoms with Gasteiger partial charge >= 0.3 is 0 Å². The second-order valence-electron chi connectivity index (χ2n) is 6.49. The van der Waals surface area contributed by atoms with Crippen molar-refractivity contribution in [3.63, 3.8) is 0 Å². The van der Waals surface area contributed by atoms with Gasteiger partial charge in [0, 0.05) is 30.5 Å². The van der Waals surface area contributed by atoms with Crippen LogP contribution in [0.2, 0.25) is 0 Å². The average Bonchev–Trinajstić information content (AvgIpc) is 3.00. The Labute approximate surface area is 148 Å². The average molecular weight is 337 g/mol. The number of hydrogen-bond donors (Lipinski definition) is 2. The van der Waals surface area contributed by atoms with Crippen LogP contribution in [0.3, 0.4) is 0 Å². The first kappa shape index (κ1) is 17.0. The number of hydrogen-bond acceptors (Lipinski definition) is 3. The van der Waals surface area contributed by atoms with Gasteiger partial charge in [0.1, 0.15) is 6.04 Å². The third-order valence-electron chi connectivity index (χ3n) is 4.45. The number of rotatable bonds is 4. The number of aryl methyl sites for hydroxylation is 1. The van der Waals surface area contributed by atoms with Crippen molar-refractivity contribution in [3.8, 4) is 0 Å². The second-order valence-corrected chi connectivity index (χ2v) is 6.49. The highest BCUT2D eigenvalue weighted by atomic mass is 16.2. The van der Waals surface area contributed by atoms with Crippen molar-refractivity contribution in [1.29, 1.82) is 0 Å². The number of nitrogens with zero attached hydrogens (tertiary/aromatic N) is 1. The molecule has 2 aromatic carbocycles. The van der Waals surface area contributed by atoms with E-state index >= 15 is 0 Å². The summed E-state index contributed by atoms with van der Waals surface area (Å²) < 4.78 is 0. The van der Waals surface area contributed by atoms with Crippen LogP contribution in [0, 0.1) is 6.92 Å². The molecule has 130 valence electrons. The minimum absolute atomic E-state index is 0.0605. The summed E-state index contributed by atoms with van der Waals surface area (Å²) in [6.45, 7) is 6.14. The van der Waals surface area contributed by atoms with Crippen LogP contribution < -0.4 is 15.5 Å². The van der Waals surface area contributed by atoms with Crippen LogP contribution >= 0.6 is 0 Å². The lowest BCUT2D eigenvalue weighted by molar-refractivity contribution is -0.117. The van der Waals surface area contributed by atoms with E-state index in [0.29, 0.717) is 0 Å². The number of carbonyl (C=O) groups is 2. The molecule has 0 fully saturated rings. The van der Waals surface area contributed by atoms with E-state index < -0.39 is 0 Å². The van der Waals surface area contributed by atoms with Gasteiger partial charge in [-0.15, -0.1) is 0 Å². The predicted octanol–water partition coefficient (Wildman–Crippen LogP) is 3.34. The minimum atomic E-state index is -0.371. The molecule has 2 amide bonds. The van der Waals surface area contributed by atoms with Gasteiger partial charge in [-0.1, -0.05) is 17.7 Å². The van der Waals surface area contributed by atoms with Gasteiger partial charge < -0.3 is 15.5 Å². The van der Waals surface area contributed by atoms with E-state index in [4.69, 9.17) is 0 Å². The molecule has 2 N–H and O–H groups in total. The summed E-state index contributed by atoms with van der Waals surface area (Å²) in [5.41, 5.74) is 4.93. The van der Waals surface area contributed by atoms with E-state index in [1.54, 1.807) is 11.8 Å². The zero-order chi connectivity index (χ0) is 18.0. The summed E-state index contributed by atoms with van der Waals surface area (Å²) in [6.07, 6.45) is 0.842. The lowest BCUT2D eigenvalue weighted by Gasteiger charge is -2.18. The van der Waals surface area contributed by atoms with Crippen molar-refractivity contribution in [2.45, 2.75) is 33.2 Å². The van der Waals surface area contributed by atoms with Crippen molar-refractivity contribution in [2.75, 3.05) is 22.1 Å². The van der Waals surface area contributed by atoms with Gasteiger partial charge in [0.15, 0.2) is 0 Å². The Hall–Kier alpha value is -2.82. The number of anilines is 3. The maximum atomic E-state index is 12.4. The molecule has 5 nitrogen and oxygen atoms in total. The van der Waals surface area contributed by atoms with Crippen LogP contribution in [0.5, 0.6) is 0 Å². The van der Waals surface area contributed by atoms with Crippen molar-refractivity contribution < 1.29 is 9.59 Å². The highest BCUT2D eigenvalue weighted by Gasteiger charge is 2.22. The van der Waals surface area contributed by atoms with Gasteiger partial charge in [-0.3, -0.25) is 9.59 Å². The number of amides is 2. The van der Waals surface area contributed by atoms with E-state index in [1.807, 2.05) is 56.3 Å². The van der Waals surface area contributed by atoms with Crippen LogP contribution in [-0.4, -0.2) is 24.4 Å². The minimum Gasteiger partial charge on any atom is -0.374 e. The Morgan fingerprint density at radius 3 is 2.44 bits per heavy atom. The predicted molar refractivity (Wildman–Crippen MR) is 101 cm³/mol. The second kappa shape index (κ2) is 6.97. The number of fused-ring (bicyclic) bond motifs is 1. The molecule has 0 bridgehead atoms. The van der Waals surface area contributed by atoms with E-state index in [9.17, 15) is 9.59 Å². The largest absolute Gasteiger partial charge is 0.374 e. The summed E-state index contributed by atoms with van der Waals surface area (Å²) in [5.74, 6) is -0.0278. The number of nitrogens with one attached hydrogen (secondary N) is 2. The molecule has 1 atom stereocenters. The zero-order valence-corrected chi connectivity index (χ0v) is 14.8. The van der Waals surface area contributed by atoms with Crippen LogP contribution in [0.25, 0.3) is 0 Å². The lowest BCUT2D eigenvalue weighted by Crippen LogP contribution is -2.31. The van der Waals surface area contributed by atoms with E-state index in [2.05, 4.69) is 10.6 Å². The van der Waals surface area contributed by atoms with Crippen LogP contribution in [-0.2, 0) is 16.0 Å². The fourth-order valence-corrected chi connectivity index (χ4v) is 3.02. The van der Waals surface area contributed by atoms with Gasteiger partial charge in [0.2, 0.25) is 11.8 Å². The Kier molecular flexibility index (Phi) is 4.74. The molecule has 2 aromatic rings. The highest BCUT2D eigenvalue weighted by molar-refractivity contribution is 5.97. The molecule has 0 aromatic heterocycles. The molecule has 1 aliphatic rings. The summed E-state index contributed by atoms with van der Waals surface area (Å²) >= 11 is 0. The summed E-state index contributed by atoms with van der Waals surface area (Å²) in [5, 5.41) is 6.14. The first-order chi connectivity index (χ1) is 11.9. The van der Waals surface area contributed by atoms with Gasteiger partial charge in [-0.05, 0) is 56.2 Å². The van der Waals surface area contributed by atoms with Gasteiger partial charge in [0.05, 0.1) is 0 Å². The Bertz CT molecular complexity index is 799. The number of carbonyl (C=O) groups excluding carboxylic acids is 2. The van der Waals surface area contributed by atoms with E-state index in [-0.39, 0.29) is 17.9 Å². The summed E-state index contributed by atoms with van der Waals surface area (Å²) in [6, 6.07) is 13.2. The molecule has 1 heterocycles. The molecule has 0 unspecified atom stereocenters. The Balaban J connectivity index is 1.65. The SMILES string of the molecule is CC(=O)N1CCc2cc(N[C@@H](C)C(=O)Nc3ccc(C)cc3)ccc21. The van der Waals surface area contributed by atoms with Crippen LogP contribution in [0.15, 0.2) is 42.5 Å². The molecule has 3 rings (SSSR count). The van der Waals surface area contributed by atoms with Crippen LogP contribution in [0.4, 0.5) is 17.1 Å². The molecule has 5 heteroatoms. The number of benzene rings is 2. The highest BCUT2D eigenvalue weighted by Crippen LogP contribution is 2.30. The normalized spacial score (nSPS) is 14.0. The zero-order valence-electron chi connectivity index (χ0n) is 14.8. The van der Waals surface area contributed by atoms with Gasteiger partial charge in [-0.25, -0.2) is 0 Å². The molecular weight excluding hydrogens is 314 g/mol. The smallest absolute Gasteiger partial charge is 0.246 e. The van der Waals surface area contributed by atoms with Gasteiger partial charge in [0.25, 0.3) is 0 Å². The molecule has 0 aliphatic carbocycles. The van der Waals surface area contributed by atoms with Crippen molar-refractivity contribution in [3.05, 3.63) is 53.6 Å². The lowest BCUT2D eigenvalue weighted by atomic mass is 10.1. The third-order valence-corrected chi connectivity index (χ3v) is 4.45. The first-order valence-corrected chi connectivity index (χ1v) is 8.49. The van der Waals surface area contributed by atoms with Gasteiger partial charge in [-0.2, -0.15) is 0 Å². The molecule has 0 saturated heterocycles. The molecule has 0 spiro atoms. The maximum absolute atomic E-state index is 12.4. The Morgan fingerprint density at radius 2 is 1.76 bits per heavy atom. The quantitative estimate of drug-likeness (QED) is 0.899. The third kappa shape index (κ3) is 3.82. The van der Waals surface area contributed by atoms with E-state index in [0.717, 1.165) is 41.2 Å². The molecule has 1 aliphatic heterocycles.